The molecule has 0 aliphatic carbocycles. The van der Waals surface area contributed by atoms with Crippen LogP contribution in [0, 0.1) is 25.7 Å². The summed E-state index contributed by atoms with van der Waals surface area (Å²) in [7, 11) is 0. The van der Waals surface area contributed by atoms with E-state index in [2.05, 4.69) is 10.6 Å². The minimum atomic E-state index is -1.40. The van der Waals surface area contributed by atoms with Gasteiger partial charge in [-0.25, -0.2) is 0 Å². The summed E-state index contributed by atoms with van der Waals surface area (Å²) in [6.45, 7) is 3.88. The van der Waals surface area contributed by atoms with E-state index in [9.17, 15) is 19.2 Å². The fraction of sp³-hybridized carbons (Fsp3) is 0.360. The van der Waals surface area contributed by atoms with Crippen LogP contribution in [0.1, 0.15) is 35.1 Å². The third-order valence-electron chi connectivity index (χ3n) is 7.50. The number of carbonyl (C=O) groups is 4. The number of amides is 4. The Balaban J connectivity index is 1.61. The van der Waals surface area contributed by atoms with Crippen LogP contribution in [0.25, 0.3) is 0 Å². The second-order valence-electron chi connectivity index (χ2n) is 9.31. The fourth-order valence-electron chi connectivity index (χ4n) is 5.68. The predicted octanol–water partition coefficient (Wildman–Crippen LogP) is 2.14. The highest BCUT2D eigenvalue weighted by Crippen LogP contribution is 2.54. The third-order valence-corrected chi connectivity index (χ3v) is 7.87. The molecule has 2 aromatic carbocycles. The van der Waals surface area contributed by atoms with Crippen LogP contribution in [0.2, 0.25) is 5.02 Å². The molecule has 2 saturated heterocycles. The molecule has 5 rings (SSSR count). The molecule has 0 unspecified atom stereocenters. The van der Waals surface area contributed by atoms with Gasteiger partial charge in [-0.2, -0.15) is 0 Å². The van der Waals surface area contributed by atoms with Gasteiger partial charge in [-0.1, -0.05) is 41.9 Å². The van der Waals surface area contributed by atoms with Gasteiger partial charge in [-0.3, -0.25) is 29.4 Å². The van der Waals surface area contributed by atoms with Crippen LogP contribution >= 0.6 is 11.6 Å². The van der Waals surface area contributed by atoms with Gasteiger partial charge in [0.25, 0.3) is 0 Å². The van der Waals surface area contributed by atoms with Gasteiger partial charge in [0, 0.05) is 28.7 Å². The highest BCUT2D eigenvalue weighted by molar-refractivity contribution is 6.31. The number of nitrogens with one attached hydrogen (secondary N) is 2. The molecule has 1 spiro atoms. The van der Waals surface area contributed by atoms with Gasteiger partial charge in [0.2, 0.25) is 23.6 Å². The van der Waals surface area contributed by atoms with Crippen molar-refractivity contribution in [2.45, 2.75) is 44.8 Å². The maximum absolute atomic E-state index is 13.8. The van der Waals surface area contributed by atoms with E-state index < -0.39 is 35.2 Å². The summed E-state index contributed by atoms with van der Waals surface area (Å²) in [4.78, 5) is 53.7. The molecule has 176 valence electrons. The summed E-state index contributed by atoms with van der Waals surface area (Å²) in [5.74, 6) is -3.42. The fourth-order valence-corrected chi connectivity index (χ4v) is 5.87. The lowest BCUT2D eigenvalue weighted by Gasteiger charge is -2.29. The Morgan fingerprint density at radius 2 is 1.85 bits per heavy atom. The zero-order valence-corrected chi connectivity index (χ0v) is 19.6. The minimum Gasteiger partial charge on any atom is -0.370 e. The monoisotopic (exact) mass is 480 g/mol. The number of carbonyl (C=O) groups excluding carboxylic acids is 4. The molecule has 3 aliphatic rings. The average molecular weight is 481 g/mol. The van der Waals surface area contributed by atoms with E-state index in [0.29, 0.717) is 21.8 Å². The largest absolute Gasteiger partial charge is 0.370 e. The Bertz CT molecular complexity index is 1260. The van der Waals surface area contributed by atoms with E-state index in [-0.39, 0.29) is 31.2 Å². The van der Waals surface area contributed by atoms with E-state index in [1.54, 1.807) is 24.3 Å². The summed E-state index contributed by atoms with van der Waals surface area (Å²) in [5.41, 5.74) is 7.85. The molecule has 2 aromatic rings. The first-order valence-corrected chi connectivity index (χ1v) is 11.6. The number of halogens is 1. The normalized spacial score (nSPS) is 27.3. The van der Waals surface area contributed by atoms with Crippen LogP contribution in [0.5, 0.6) is 0 Å². The Kier molecular flexibility index (Phi) is 5.26. The first kappa shape index (κ1) is 22.6. The van der Waals surface area contributed by atoms with Crippen molar-refractivity contribution in [3.63, 3.8) is 0 Å². The summed E-state index contributed by atoms with van der Waals surface area (Å²) in [5, 5.41) is 6.72. The van der Waals surface area contributed by atoms with E-state index in [1.807, 2.05) is 26.0 Å². The van der Waals surface area contributed by atoms with Crippen LogP contribution in [-0.4, -0.2) is 34.6 Å². The molecule has 0 bridgehead atoms. The van der Waals surface area contributed by atoms with Gasteiger partial charge in [-0.05, 0) is 43.0 Å². The molecule has 0 saturated carbocycles. The molecule has 34 heavy (non-hydrogen) atoms. The lowest BCUT2D eigenvalue weighted by Crippen LogP contribution is -2.53. The third kappa shape index (κ3) is 3.09. The topological polar surface area (TPSA) is 122 Å². The van der Waals surface area contributed by atoms with Crippen molar-refractivity contribution in [3.05, 3.63) is 63.7 Å². The SMILES string of the molecule is Cc1ccc2c(c1C)NC(=O)[C@]21N[C@H](CCC(N)=O)[C@H]2C(=O)N(Cc3ccccc3Cl)C(=O)[C@@H]21. The number of nitrogens with two attached hydrogens (primary N) is 1. The average Bonchev–Trinajstić information content (AvgIpc) is 3.37. The number of hydrogen-bond donors (Lipinski definition) is 3. The van der Waals surface area contributed by atoms with Crippen molar-refractivity contribution >= 4 is 40.9 Å². The number of likely N-dealkylation sites (tertiary alicyclic amines) is 1. The summed E-state index contributed by atoms with van der Waals surface area (Å²) < 4.78 is 0. The van der Waals surface area contributed by atoms with Crippen molar-refractivity contribution in [2.75, 3.05) is 5.32 Å². The first-order valence-electron chi connectivity index (χ1n) is 11.2. The van der Waals surface area contributed by atoms with Crippen LogP contribution < -0.4 is 16.4 Å². The summed E-state index contributed by atoms with van der Waals surface area (Å²) in [6, 6.07) is 10.2. The van der Waals surface area contributed by atoms with Gasteiger partial charge >= 0.3 is 0 Å². The Labute approximate surface area is 201 Å². The van der Waals surface area contributed by atoms with Crippen molar-refractivity contribution in [1.29, 1.82) is 0 Å². The maximum atomic E-state index is 13.8. The van der Waals surface area contributed by atoms with E-state index in [4.69, 9.17) is 17.3 Å². The quantitative estimate of drug-likeness (QED) is 0.566. The van der Waals surface area contributed by atoms with Crippen LogP contribution in [0.15, 0.2) is 36.4 Å². The number of hydrogen-bond acceptors (Lipinski definition) is 5. The highest BCUT2D eigenvalue weighted by atomic mass is 35.5. The van der Waals surface area contributed by atoms with Crippen molar-refractivity contribution in [3.8, 4) is 0 Å². The second-order valence-corrected chi connectivity index (χ2v) is 9.71. The molecule has 4 atom stereocenters. The van der Waals surface area contributed by atoms with Crippen molar-refractivity contribution in [2.24, 2.45) is 17.6 Å². The molecule has 4 N–H and O–H groups in total. The number of fused-ring (bicyclic) bond motifs is 4. The molecule has 3 heterocycles. The molecule has 8 nitrogen and oxygen atoms in total. The van der Waals surface area contributed by atoms with E-state index in [0.717, 1.165) is 11.1 Å². The standard InChI is InChI=1S/C25H25ClN4O4/c1-12-7-8-15-21(13(12)2)28-24(34)25(15)20-19(17(29-25)9-10-18(27)31)22(32)30(23(20)33)11-14-5-3-4-6-16(14)26/h3-8,17,19-20,29H,9-11H2,1-2H3,(H2,27,31)(H,28,34)/t17-,19-,20-,25+/m1/s1. The molecule has 4 amide bonds. The summed E-state index contributed by atoms with van der Waals surface area (Å²) >= 11 is 6.30. The minimum absolute atomic E-state index is 0.0182. The molecule has 3 aliphatic heterocycles. The summed E-state index contributed by atoms with van der Waals surface area (Å²) in [6.07, 6.45) is 0.273. The Hall–Kier alpha value is -3.23. The first-order chi connectivity index (χ1) is 16.2. The predicted molar refractivity (Wildman–Crippen MR) is 126 cm³/mol. The van der Waals surface area contributed by atoms with Crippen LogP contribution in [0.4, 0.5) is 5.69 Å². The zero-order chi connectivity index (χ0) is 24.4. The number of anilines is 1. The number of nitrogens with zero attached hydrogens (tertiary/aromatic N) is 1. The molecule has 9 heteroatoms. The highest BCUT2D eigenvalue weighted by Gasteiger charge is 2.70. The van der Waals surface area contributed by atoms with Gasteiger partial charge in [0.1, 0.15) is 5.54 Å². The molecule has 2 fully saturated rings. The van der Waals surface area contributed by atoms with Crippen LogP contribution in [0.3, 0.4) is 0 Å². The van der Waals surface area contributed by atoms with Gasteiger partial charge in [-0.15, -0.1) is 0 Å². The van der Waals surface area contributed by atoms with E-state index >= 15 is 0 Å². The second kappa shape index (κ2) is 7.92. The van der Waals surface area contributed by atoms with Gasteiger partial charge < -0.3 is 11.1 Å². The zero-order valence-electron chi connectivity index (χ0n) is 18.9. The molecule has 0 aromatic heterocycles. The number of primary amides is 1. The maximum Gasteiger partial charge on any atom is 0.250 e. The lowest BCUT2D eigenvalue weighted by molar-refractivity contribution is -0.143. The lowest BCUT2D eigenvalue weighted by atomic mass is 9.76. The Morgan fingerprint density at radius 3 is 2.56 bits per heavy atom. The molecule has 0 radical (unpaired) electrons. The Morgan fingerprint density at radius 1 is 1.12 bits per heavy atom. The van der Waals surface area contributed by atoms with Crippen LogP contribution in [-0.2, 0) is 31.3 Å². The number of benzene rings is 2. The number of rotatable bonds is 5. The van der Waals surface area contributed by atoms with Crippen molar-refractivity contribution in [1.82, 2.24) is 10.2 Å². The molecular formula is C25H25ClN4O4. The van der Waals surface area contributed by atoms with Gasteiger partial charge in [0.15, 0.2) is 0 Å². The van der Waals surface area contributed by atoms with Gasteiger partial charge in [0.05, 0.1) is 18.4 Å². The number of imide groups is 1. The van der Waals surface area contributed by atoms with E-state index in [1.165, 1.54) is 4.90 Å². The van der Waals surface area contributed by atoms with Crippen molar-refractivity contribution < 1.29 is 19.2 Å². The molecular weight excluding hydrogens is 456 g/mol. The number of aryl methyl sites for hydroxylation is 1. The smallest absolute Gasteiger partial charge is 0.250 e.